The van der Waals surface area contributed by atoms with E-state index in [1.807, 2.05) is 0 Å². The van der Waals surface area contributed by atoms with E-state index in [2.05, 4.69) is 31.8 Å². The van der Waals surface area contributed by atoms with E-state index in [-0.39, 0.29) is 16.9 Å². The first kappa shape index (κ1) is 12.2. The molecule has 0 spiro atoms. The Labute approximate surface area is 116 Å². The summed E-state index contributed by atoms with van der Waals surface area (Å²) in [6, 6.07) is 0.109. The normalized spacial score (nSPS) is 17.4. The summed E-state index contributed by atoms with van der Waals surface area (Å²) in [5, 5.41) is 0.276. The van der Waals surface area contributed by atoms with Crippen LogP contribution in [0.3, 0.4) is 0 Å². The SMILES string of the molecule is O=c1[nH]c2c(Cl)nc([As])nc2n1C1CCOCC1. The number of aromatic nitrogens is 4. The first-order chi connectivity index (χ1) is 8.66. The van der Waals surface area contributed by atoms with Gasteiger partial charge in [-0.1, -0.05) is 0 Å². The Bertz CT molecular complexity index is 647. The molecular weight excluding hydrogens is 319 g/mol. The van der Waals surface area contributed by atoms with Crippen LogP contribution in [-0.2, 0) is 4.74 Å². The Morgan fingerprint density at radius 2 is 2.11 bits per heavy atom. The van der Waals surface area contributed by atoms with Crippen molar-refractivity contribution in [2.75, 3.05) is 13.2 Å². The summed E-state index contributed by atoms with van der Waals surface area (Å²) in [5.41, 5.74) is 0.886. The van der Waals surface area contributed by atoms with Crippen molar-refractivity contribution in [3.8, 4) is 0 Å². The fourth-order valence-corrected chi connectivity index (χ4v) is 2.99. The number of halogens is 1. The molecule has 1 fully saturated rings. The Balaban J connectivity index is 2.21. The van der Waals surface area contributed by atoms with Crippen LogP contribution in [0.2, 0.25) is 5.15 Å². The summed E-state index contributed by atoms with van der Waals surface area (Å²) in [6.07, 6.45) is 1.62. The number of ether oxygens (including phenoxy) is 1. The molecule has 1 aliphatic heterocycles. The number of fused-ring (bicyclic) bond motifs is 1. The summed E-state index contributed by atoms with van der Waals surface area (Å²) < 4.78 is 7.48. The molecule has 1 saturated heterocycles. The van der Waals surface area contributed by atoms with Gasteiger partial charge in [-0.15, -0.1) is 0 Å². The third-order valence-electron chi connectivity index (χ3n) is 3.07. The molecule has 0 unspecified atom stereocenters. The third-order valence-corrected chi connectivity index (χ3v) is 3.76. The van der Waals surface area contributed by atoms with E-state index in [0.29, 0.717) is 29.0 Å². The van der Waals surface area contributed by atoms with Gasteiger partial charge in [-0.25, -0.2) is 0 Å². The predicted octanol–water partition coefficient (Wildman–Crippen LogP) is -0.0817. The predicted molar refractivity (Wildman–Crippen MR) is 67.6 cm³/mol. The molecular formula is C10H10AsClN4O2. The van der Waals surface area contributed by atoms with Crippen molar-refractivity contribution in [1.82, 2.24) is 19.5 Å². The van der Waals surface area contributed by atoms with E-state index in [0.717, 1.165) is 12.8 Å². The molecule has 0 bridgehead atoms. The Morgan fingerprint density at radius 3 is 2.83 bits per heavy atom. The van der Waals surface area contributed by atoms with E-state index in [1.54, 1.807) is 4.57 Å². The van der Waals surface area contributed by atoms with E-state index < -0.39 is 0 Å². The second kappa shape index (κ2) is 4.68. The number of rotatable bonds is 1. The molecule has 18 heavy (non-hydrogen) atoms. The van der Waals surface area contributed by atoms with Crippen molar-refractivity contribution in [2.24, 2.45) is 0 Å². The number of imidazole rings is 1. The van der Waals surface area contributed by atoms with Crippen LogP contribution in [0.5, 0.6) is 0 Å². The zero-order chi connectivity index (χ0) is 12.7. The van der Waals surface area contributed by atoms with Gasteiger partial charge in [-0.05, 0) is 0 Å². The van der Waals surface area contributed by atoms with E-state index in [4.69, 9.17) is 16.3 Å². The van der Waals surface area contributed by atoms with Gasteiger partial charge >= 0.3 is 116 Å². The number of hydrogen-bond donors (Lipinski definition) is 1. The van der Waals surface area contributed by atoms with Crippen LogP contribution in [0.4, 0.5) is 0 Å². The quantitative estimate of drug-likeness (QED) is 0.587. The molecule has 0 aromatic carbocycles. The van der Waals surface area contributed by atoms with Gasteiger partial charge in [0.15, 0.2) is 0 Å². The van der Waals surface area contributed by atoms with Crippen molar-refractivity contribution < 1.29 is 4.74 Å². The zero-order valence-electron chi connectivity index (χ0n) is 9.39. The molecule has 2 aromatic rings. The van der Waals surface area contributed by atoms with Crippen molar-refractivity contribution in [1.29, 1.82) is 0 Å². The van der Waals surface area contributed by atoms with Gasteiger partial charge in [-0.3, -0.25) is 0 Å². The van der Waals surface area contributed by atoms with Crippen LogP contribution in [0, 0.1) is 0 Å². The van der Waals surface area contributed by atoms with E-state index in [9.17, 15) is 4.79 Å². The Kier molecular flexibility index (Phi) is 3.18. The topological polar surface area (TPSA) is 72.8 Å². The summed E-state index contributed by atoms with van der Waals surface area (Å²) in [5.74, 6) is 0. The van der Waals surface area contributed by atoms with Crippen molar-refractivity contribution in [3.63, 3.8) is 0 Å². The number of hydrogen-bond acceptors (Lipinski definition) is 4. The monoisotopic (exact) mass is 328 g/mol. The molecule has 0 amide bonds. The number of nitrogens with one attached hydrogen (secondary N) is 1. The maximum absolute atomic E-state index is 12.0. The van der Waals surface area contributed by atoms with Crippen LogP contribution in [-0.4, -0.2) is 49.6 Å². The zero-order valence-corrected chi connectivity index (χ0v) is 12.0. The van der Waals surface area contributed by atoms with E-state index >= 15 is 0 Å². The second-order valence-corrected chi connectivity index (χ2v) is 5.35. The standard InChI is InChI=1S/C10H10AsClN4O2/c11-9-14-7(12)6-8(15-9)16(10(17)13-6)5-1-3-18-4-2-5/h5H,1-4H2,(H,13,17). The molecule has 0 aliphatic carbocycles. The van der Waals surface area contributed by atoms with E-state index in [1.165, 1.54) is 0 Å². The first-order valence-corrected chi connectivity index (χ1v) is 6.93. The van der Waals surface area contributed by atoms with Crippen molar-refractivity contribution in [2.45, 2.75) is 18.9 Å². The molecule has 3 heterocycles. The van der Waals surface area contributed by atoms with Crippen LogP contribution < -0.4 is 10.3 Å². The first-order valence-electron chi connectivity index (χ1n) is 5.61. The summed E-state index contributed by atoms with van der Waals surface area (Å²) >= 11 is 8.25. The number of nitrogens with zero attached hydrogens (tertiary/aromatic N) is 3. The van der Waals surface area contributed by atoms with Crippen LogP contribution in [0.15, 0.2) is 4.79 Å². The molecule has 2 radical (unpaired) electrons. The molecule has 0 saturated carbocycles. The van der Waals surface area contributed by atoms with Gasteiger partial charge in [0, 0.05) is 0 Å². The van der Waals surface area contributed by atoms with Crippen LogP contribution in [0.25, 0.3) is 11.2 Å². The van der Waals surface area contributed by atoms with Crippen molar-refractivity contribution >= 4 is 44.2 Å². The Hall–Kier alpha value is -0.842. The summed E-state index contributed by atoms with van der Waals surface area (Å²) in [4.78, 5) is 23.1. The van der Waals surface area contributed by atoms with Gasteiger partial charge < -0.3 is 0 Å². The fourth-order valence-electron chi connectivity index (χ4n) is 2.24. The van der Waals surface area contributed by atoms with Gasteiger partial charge in [-0.2, -0.15) is 0 Å². The maximum atomic E-state index is 12.0. The fraction of sp³-hybridized carbons (Fsp3) is 0.500. The summed E-state index contributed by atoms with van der Waals surface area (Å²) in [6.45, 7) is 1.33. The molecule has 8 heteroatoms. The molecule has 6 nitrogen and oxygen atoms in total. The van der Waals surface area contributed by atoms with Gasteiger partial charge in [0.1, 0.15) is 0 Å². The second-order valence-electron chi connectivity index (χ2n) is 4.16. The molecule has 1 N–H and O–H groups in total. The van der Waals surface area contributed by atoms with Crippen molar-refractivity contribution in [3.05, 3.63) is 15.6 Å². The van der Waals surface area contributed by atoms with Crippen LogP contribution in [0.1, 0.15) is 18.9 Å². The number of H-pyrrole nitrogens is 1. The Morgan fingerprint density at radius 1 is 1.39 bits per heavy atom. The average Bonchev–Trinajstić information content (AvgIpc) is 2.67. The minimum absolute atomic E-state index is 0.109. The number of aromatic amines is 1. The summed E-state index contributed by atoms with van der Waals surface area (Å²) in [7, 11) is 0. The van der Waals surface area contributed by atoms with Crippen LogP contribution >= 0.6 is 11.6 Å². The average molecular weight is 329 g/mol. The molecule has 1 aliphatic rings. The third kappa shape index (κ3) is 1.98. The van der Waals surface area contributed by atoms with Gasteiger partial charge in [0.25, 0.3) is 0 Å². The molecule has 3 rings (SSSR count). The molecule has 94 valence electrons. The molecule has 2 aromatic heterocycles. The van der Waals surface area contributed by atoms with Gasteiger partial charge in [0.2, 0.25) is 0 Å². The van der Waals surface area contributed by atoms with Gasteiger partial charge in [0.05, 0.1) is 0 Å². The minimum atomic E-state index is -0.189. The molecule has 0 atom stereocenters.